The van der Waals surface area contributed by atoms with Crippen molar-refractivity contribution in [3.05, 3.63) is 12.7 Å². The molecule has 3 N–H and O–H groups in total. The van der Waals surface area contributed by atoms with Crippen LogP contribution >= 0.6 is 0 Å². The molecule has 14 heavy (non-hydrogen) atoms. The van der Waals surface area contributed by atoms with Gasteiger partial charge in [0, 0.05) is 14.1 Å². The highest BCUT2D eigenvalue weighted by Gasteiger charge is 2.15. The van der Waals surface area contributed by atoms with Crippen LogP contribution in [-0.2, 0) is 9.53 Å². The molecule has 0 aliphatic carbocycles. The highest BCUT2D eigenvalue weighted by molar-refractivity contribution is 6.76. The van der Waals surface area contributed by atoms with Crippen molar-refractivity contribution < 1.29 is 9.53 Å². The molecule has 0 saturated carbocycles. The van der Waals surface area contributed by atoms with Crippen molar-refractivity contribution in [3.8, 4) is 0 Å². The maximum absolute atomic E-state index is 10.8. The zero-order valence-corrected chi connectivity index (χ0v) is 10.8. The lowest BCUT2D eigenvalue weighted by Gasteiger charge is -2.18. The molecule has 0 aromatic heterocycles. The number of ether oxygens (including phenoxy) is 1. The molecule has 0 aromatic carbocycles. The van der Waals surface area contributed by atoms with Crippen LogP contribution in [-0.4, -0.2) is 20.1 Å². The monoisotopic (exact) mass is 217 g/mol. The first-order chi connectivity index (χ1) is 5.85. The van der Waals surface area contributed by atoms with Gasteiger partial charge in [0.15, 0.2) is 0 Å². The van der Waals surface area contributed by atoms with Crippen molar-refractivity contribution in [2.75, 3.05) is 0 Å². The Hall–Kier alpha value is -0.613. The smallest absolute Gasteiger partial charge is 0.330 e. The van der Waals surface area contributed by atoms with E-state index in [1.165, 1.54) is 12.1 Å². The maximum Gasteiger partial charge on any atom is 0.330 e. The summed E-state index contributed by atoms with van der Waals surface area (Å²) in [6, 6.07) is 1.19. The van der Waals surface area contributed by atoms with E-state index in [-0.39, 0.29) is 18.2 Å². The maximum atomic E-state index is 10.8. The van der Waals surface area contributed by atoms with Crippen molar-refractivity contribution in [1.82, 2.24) is 6.15 Å². The average Bonchev–Trinajstić information content (AvgIpc) is 1.99. The van der Waals surface area contributed by atoms with Gasteiger partial charge in [-0.3, -0.25) is 0 Å². The molecule has 0 bridgehead atoms. The predicted octanol–water partition coefficient (Wildman–Crippen LogP) is 2.99. The molecule has 0 radical (unpaired) electrons. The van der Waals surface area contributed by atoms with Crippen molar-refractivity contribution in [1.29, 1.82) is 0 Å². The van der Waals surface area contributed by atoms with Crippen LogP contribution in [0.4, 0.5) is 0 Å². The Morgan fingerprint density at radius 3 is 2.36 bits per heavy atom. The van der Waals surface area contributed by atoms with Crippen LogP contribution in [0, 0.1) is 0 Å². The summed E-state index contributed by atoms with van der Waals surface area (Å²) in [5.74, 6) is -0.317. The number of esters is 1. The van der Waals surface area contributed by atoms with Crippen LogP contribution < -0.4 is 6.15 Å². The largest absolute Gasteiger partial charge is 0.460 e. The lowest BCUT2D eigenvalue weighted by Crippen LogP contribution is -2.23. The fourth-order valence-corrected chi connectivity index (χ4v) is 2.21. The summed E-state index contributed by atoms with van der Waals surface area (Å²) in [5, 5.41) is 0. The molecular weight excluding hydrogens is 194 g/mol. The quantitative estimate of drug-likeness (QED) is 0.437. The van der Waals surface area contributed by atoms with Crippen LogP contribution in [0.15, 0.2) is 12.7 Å². The molecule has 0 fully saturated rings. The normalized spacial score (nSPS) is 12.6. The standard InChI is InChI=1S/C10H20O2Si.H3N/c1-6-10(11)12-9(2)7-8-13(3,4)5;/h6,9H,1,7-8H2,2-5H3;1H3. The first kappa shape index (κ1) is 15.8. The molecule has 0 aliphatic rings. The Labute approximate surface area is 88.1 Å². The van der Waals surface area contributed by atoms with Gasteiger partial charge in [-0.05, 0) is 13.3 Å². The summed E-state index contributed by atoms with van der Waals surface area (Å²) in [6.07, 6.45) is 2.21. The van der Waals surface area contributed by atoms with Gasteiger partial charge in [-0.15, -0.1) is 0 Å². The van der Waals surface area contributed by atoms with Crippen LogP contribution in [0.5, 0.6) is 0 Å². The number of hydrogen-bond donors (Lipinski definition) is 1. The van der Waals surface area contributed by atoms with Gasteiger partial charge in [0.2, 0.25) is 0 Å². The average molecular weight is 217 g/mol. The first-order valence-corrected chi connectivity index (χ1v) is 8.39. The van der Waals surface area contributed by atoms with E-state index in [1.54, 1.807) is 0 Å². The molecule has 1 atom stereocenters. The zero-order chi connectivity index (χ0) is 10.5. The van der Waals surface area contributed by atoms with Crippen molar-refractivity contribution >= 4 is 14.0 Å². The number of rotatable bonds is 5. The van der Waals surface area contributed by atoms with E-state index in [4.69, 9.17) is 4.74 Å². The van der Waals surface area contributed by atoms with Crippen molar-refractivity contribution in [2.24, 2.45) is 0 Å². The number of hydrogen-bond acceptors (Lipinski definition) is 3. The van der Waals surface area contributed by atoms with E-state index in [9.17, 15) is 4.79 Å². The second-order valence-corrected chi connectivity index (χ2v) is 10.2. The molecule has 4 heteroatoms. The summed E-state index contributed by atoms with van der Waals surface area (Å²) in [7, 11) is -0.998. The van der Waals surface area contributed by atoms with Crippen molar-refractivity contribution in [3.63, 3.8) is 0 Å². The fourth-order valence-electron chi connectivity index (χ4n) is 0.942. The fraction of sp³-hybridized carbons (Fsp3) is 0.700. The molecule has 3 nitrogen and oxygen atoms in total. The highest BCUT2D eigenvalue weighted by Crippen LogP contribution is 2.14. The van der Waals surface area contributed by atoms with Gasteiger partial charge < -0.3 is 10.9 Å². The lowest BCUT2D eigenvalue weighted by atomic mass is 10.3. The van der Waals surface area contributed by atoms with E-state index < -0.39 is 8.07 Å². The molecule has 0 aliphatic heterocycles. The van der Waals surface area contributed by atoms with Gasteiger partial charge in [-0.25, -0.2) is 4.79 Å². The summed E-state index contributed by atoms with van der Waals surface area (Å²) in [5.41, 5.74) is 0. The molecule has 0 saturated heterocycles. The summed E-state index contributed by atoms with van der Waals surface area (Å²) in [4.78, 5) is 10.8. The van der Waals surface area contributed by atoms with E-state index in [0.717, 1.165) is 6.42 Å². The molecule has 84 valence electrons. The zero-order valence-electron chi connectivity index (χ0n) is 9.80. The second kappa shape index (κ2) is 6.78. The van der Waals surface area contributed by atoms with Gasteiger partial charge in [0.05, 0.1) is 6.10 Å². The molecule has 1 unspecified atom stereocenters. The molecule has 0 rings (SSSR count). The minimum atomic E-state index is -0.998. The summed E-state index contributed by atoms with van der Waals surface area (Å²) in [6.45, 7) is 12.2. The lowest BCUT2D eigenvalue weighted by molar-refractivity contribution is -0.142. The number of carbonyl (C=O) groups is 1. The first-order valence-electron chi connectivity index (χ1n) is 4.68. The minimum absolute atomic E-state index is 0. The Bertz CT molecular complexity index is 187. The van der Waals surface area contributed by atoms with Gasteiger partial charge in [0.1, 0.15) is 0 Å². The highest BCUT2D eigenvalue weighted by atomic mass is 28.3. The molecule has 0 heterocycles. The summed E-state index contributed by atoms with van der Waals surface area (Å²) < 4.78 is 5.06. The van der Waals surface area contributed by atoms with E-state index in [1.807, 2.05) is 6.92 Å². The van der Waals surface area contributed by atoms with Crippen LogP contribution in [0.1, 0.15) is 13.3 Å². The molecular formula is C10H23NO2Si. The molecule has 0 spiro atoms. The Kier molecular flexibility index (Phi) is 7.68. The third kappa shape index (κ3) is 9.47. The minimum Gasteiger partial charge on any atom is -0.460 e. The SMILES string of the molecule is C=CC(=O)OC(C)CC[Si](C)(C)C.N. The second-order valence-electron chi connectivity index (χ2n) is 4.55. The Morgan fingerprint density at radius 2 is 2.00 bits per heavy atom. The van der Waals surface area contributed by atoms with Crippen LogP contribution in [0.2, 0.25) is 25.7 Å². The van der Waals surface area contributed by atoms with Gasteiger partial charge in [0.25, 0.3) is 0 Å². The number of carbonyl (C=O) groups excluding carboxylic acids is 1. The summed E-state index contributed by atoms with van der Waals surface area (Å²) >= 11 is 0. The van der Waals surface area contributed by atoms with E-state index in [0.29, 0.717) is 0 Å². The van der Waals surface area contributed by atoms with Crippen LogP contribution in [0.3, 0.4) is 0 Å². The molecule has 0 amide bonds. The van der Waals surface area contributed by atoms with Gasteiger partial charge >= 0.3 is 5.97 Å². The third-order valence-corrected chi connectivity index (χ3v) is 3.57. The van der Waals surface area contributed by atoms with Crippen LogP contribution in [0.25, 0.3) is 0 Å². The topological polar surface area (TPSA) is 61.3 Å². The van der Waals surface area contributed by atoms with Gasteiger partial charge in [-0.2, -0.15) is 0 Å². The Morgan fingerprint density at radius 1 is 1.50 bits per heavy atom. The van der Waals surface area contributed by atoms with Crippen molar-refractivity contribution in [2.45, 2.75) is 45.1 Å². The predicted molar refractivity (Wildman–Crippen MR) is 63.5 cm³/mol. The Balaban J connectivity index is 0. The molecule has 0 aromatic rings. The van der Waals surface area contributed by atoms with E-state index in [2.05, 4.69) is 26.2 Å². The third-order valence-electron chi connectivity index (χ3n) is 1.78. The van der Waals surface area contributed by atoms with Gasteiger partial charge in [-0.1, -0.05) is 32.3 Å². The van der Waals surface area contributed by atoms with E-state index >= 15 is 0 Å².